The maximum absolute atomic E-state index is 12.7. The first-order valence-corrected chi connectivity index (χ1v) is 10.2. The fourth-order valence-corrected chi connectivity index (χ4v) is 4.22. The Labute approximate surface area is 184 Å². The Morgan fingerprint density at radius 2 is 1.69 bits per heavy atom. The van der Waals surface area contributed by atoms with Gasteiger partial charge in [-0.25, -0.2) is 0 Å². The minimum Gasteiger partial charge on any atom is -0.496 e. The lowest BCUT2D eigenvalue weighted by Gasteiger charge is -2.41. The van der Waals surface area contributed by atoms with Crippen LogP contribution in [0, 0.1) is 0 Å². The van der Waals surface area contributed by atoms with Gasteiger partial charge in [0.15, 0.2) is 6.61 Å². The van der Waals surface area contributed by atoms with Gasteiger partial charge in [-0.05, 0) is 34.9 Å². The van der Waals surface area contributed by atoms with Gasteiger partial charge in [0, 0.05) is 25.2 Å². The van der Waals surface area contributed by atoms with Crippen molar-refractivity contribution < 1.29 is 27.8 Å². The number of fused-ring (bicyclic) bond motifs is 1. The first-order valence-electron chi connectivity index (χ1n) is 10.2. The van der Waals surface area contributed by atoms with Crippen molar-refractivity contribution in [3.05, 3.63) is 95.1 Å². The van der Waals surface area contributed by atoms with E-state index in [0.717, 1.165) is 11.1 Å². The third-order valence-corrected chi connectivity index (χ3v) is 5.58. The highest BCUT2D eigenvalue weighted by atomic mass is 19.4. The Kier molecular flexibility index (Phi) is 6.13. The molecule has 0 spiro atoms. The van der Waals surface area contributed by atoms with E-state index < -0.39 is 18.4 Å². The third-order valence-electron chi connectivity index (χ3n) is 5.58. The van der Waals surface area contributed by atoms with Crippen LogP contribution in [0.5, 0.6) is 11.5 Å². The number of nitrogens with zero attached hydrogens (tertiary/aromatic N) is 1. The van der Waals surface area contributed by atoms with Gasteiger partial charge in [-0.15, -0.1) is 0 Å². The fraction of sp³-hybridized carbons (Fsp3) is 0.280. The lowest BCUT2D eigenvalue weighted by Crippen LogP contribution is -2.46. The molecule has 0 amide bonds. The lowest BCUT2D eigenvalue weighted by molar-refractivity contribution is -0.153. The van der Waals surface area contributed by atoms with E-state index in [9.17, 15) is 18.3 Å². The van der Waals surface area contributed by atoms with Crippen molar-refractivity contribution in [2.24, 2.45) is 0 Å². The second-order valence-electron chi connectivity index (χ2n) is 7.91. The van der Waals surface area contributed by atoms with Crippen LogP contribution in [0.2, 0.25) is 0 Å². The number of aliphatic hydroxyl groups is 1. The molecule has 3 aromatic rings. The maximum atomic E-state index is 12.7. The first-order chi connectivity index (χ1) is 15.3. The number of hydrogen-bond donors (Lipinski definition) is 1. The number of alkyl halides is 3. The van der Waals surface area contributed by atoms with Gasteiger partial charge in [-0.3, -0.25) is 4.90 Å². The number of β-amino-alcohol motifs (C(OH)–C–C–N with tert-alkyl or cyclic N) is 1. The summed E-state index contributed by atoms with van der Waals surface area (Å²) in [5.41, 5.74) is 1.62. The molecule has 0 bridgehead atoms. The van der Waals surface area contributed by atoms with Crippen molar-refractivity contribution in [1.29, 1.82) is 0 Å². The summed E-state index contributed by atoms with van der Waals surface area (Å²) in [7, 11) is 1.47. The number of methoxy groups -OCH3 is 1. The molecule has 3 aromatic carbocycles. The molecule has 0 saturated carbocycles. The van der Waals surface area contributed by atoms with Crippen molar-refractivity contribution >= 4 is 0 Å². The molecule has 4 rings (SSSR count). The molecule has 32 heavy (non-hydrogen) atoms. The van der Waals surface area contributed by atoms with Gasteiger partial charge in [0.05, 0.1) is 7.11 Å². The average molecular weight is 443 g/mol. The molecule has 0 radical (unpaired) electrons. The van der Waals surface area contributed by atoms with E-state index in [0.29, 0.717) is 30.0 Å². The smallest absolute Gasteiger partial charge is 0.422 e. The van der Waals surface area contributed by atoms with E-state index in [1.807, 2.05) is 54.6 Å². The summed E-state index contributed by atoms with van der Waals surface area (Å²) in [6, 6.07) is 21.8. The Morgan fingerprint density at radius 3 is 2.41 bits per heavy atom. The number of hydrogen-bond acceptors (Lipinski definition) is 4. The first kappa shape index (κ1) is 22.2. The second kappa shape index (κ2) is 8.84. The Bertz CT molecular complexity index is 1070. The second-order valence-corrected chi connectivity index (χ2v) is 7.91. The van der Waals surface area contributed by atoms with Gasteiger partial charge in [-0.2, -0.15) is 13.2 Å². The van der Waals surface area contributed by atoms with Crippen LogP contribution in [0.15, 0.2) is 72.8 Å². The Hall–Kier alpha value is -3.03. The van der Waals surface area contributed by atoms with Crippen LogP contribution in [0.4, 0.5) is 13.2 Å². The van der Waals surface area contributed by atoms with E-state index >= 15 is 0 Å². The van der Waals surface area contributed by atoms with Crippen molar-refractivity contribution in [2.45, 2.75) is 24.9 Å². The SMILES string of the molecule is COc1ccc(OCC(F)(F)F)cc1C1(O)CN(Cc2ccccc2)Cc2ccccc21. The summed E-state index contributed by atoms with van der Waals surface area (Å²) in [5.74, 6) is 0.396. The quantitative estimate of drug-likeness (QED) is 0.589. The van der Waals surface area contributed by atoms with Gasteiger partial charge >= 0.3 is 6.18 Å². The summed E-state index contributed by atoms with van der Waals surface area (Å²) in [6.45, 7) is 0.0932. The summed E-state index contributed by atoms with van der Waals surface area (Å²) in [5, 5.41) is 12.0. The fourth-order valence-electron chi connectivity index (χ4n) is 4.22. The molecule has 0 fully saturated rings. The van der Waals surface area contributed by atoms with Crippen molar-refractivity contribution in [2.75, 3.05) is 20.3 Å². The third kappa shape index (κ3) is 4.74. The van der Waals surface area contributed by atoms with E-state index in [4.69, 9.17) is 9.47 Å². The molecule has 4 nitrogen and oxygen atoms in total. The molecule has 1 unspecified atom stereocenters. The van der Waals surface area contributed by atoms with Crippen LogP contribution in [0.1, 0.15) is 22.3 Å². The van der Waals surface area contributed by atoms with Gasteiger partial charge in [-0.1, -0.05) is 54.6 Å². The van der Waals surface area contributed by atoms with Crippen LogP contribution in [-0.4, -0.2) is 36.4 Å². The zero-order valence-electron chi connectivity index (χ0n) is 17.6. The van der Waals surface area contributed by atoms with Crippen molar-refractivity contribution in [3.8, 4) is 11.5 Å². The zero-order valence-corrected chi connectivity index (χ0v) is 17.6. The maximum Gasteiger partial charge on any atom is 0.422 e. The zero-order chi connectivity index (χ0) is 22.8. The monoisotopic (exact) mass is 443 g/mol. The van der Waals surface area contributed by atoms with Crippen molar-refractivity contribution in [3.63, 3.8) is 0 Å². The van der Waals surface area contributed by atoms with Crippen LogP contribution in [0.3, 0.4) is 0 Å². The van der Waals surface area contributed by atoms with Gasteiger partial charge in [0.1, 0.15) is 17.1 Å². The topological polar surface area (TPSA) is 41.9 Å². The normalized spacial score (nSPS) is 18.8. The molecule has 1 aliphatic rings. The standard InChI is InChI=1S/C25H24F3NO3/c1-31-23-12-11-20(32-17-25(26,27)28)13-22(23)24(30)16-29(14-18-7-3-2-4-8-18)15-19-9-5-6-10-21(19)24/h2-13,30H,14-17H2,1H3. The van der Waals surface area contributed by atoms with Crippen LogP contribution >= 0.6 is 0 Å². The van der Waals surface area contributed by atoms with Crippen molar-refractivity contribution in [1.82, 2.24) is 4.90 Å². The summed E-state index contributed by atoms with van der Waals surface area (Å²) in [4.78, 5) is 2.11. The highest BCUT2D eigenvalue weighted by Crippen LogP contribution is 2.43. The molecule has 0 aromatic heterocycles. The molecule has 1 atom stereocenters. The summed E-state index contributed by atoms with van der Waals surface area (Å²) >= 11 is 0. The number of rotatable bonds is 6. The Balaban J connectivity index is 1.74. The van der Waals surface area contributed by atoms with E-state index in [1.165, 1.54) is 25.3 Å². The largest absolute Gasteiger partial charge is 0.496 e. The van der Waals surface area contributed by atoms with E-state index in [-0.39, 0.29) is 12.3 Å². The number of ether oxygens (including phenoxy) is 2. The highest BCUT2D eigenvalue weighted by molar-refractivity contribution is 5.51. The van der Waals surface area contributed by atoms with E-state index in [1.54, 1.807) is 0 Å². The van der Waals surface area contributed by atoms with Gasteiger partial charge < -0.3 is 14.6 Å². The lowest BCUT2D eigenvalue weighted by atomic mass is 9.79. The predicted octanol–water partition coefficient (Wildman–Crippen LogP) is 4.89. The summed E-state index contributed by atoms with van der Waals surface area (Å²) < 4.78 is 48.4. The van der Waals surface area contributed by atoms with Gasteiger partial charge in [0.25, 0.3) is 0 Å². The minimum atomic E-state index is -4.46. The molecule has 168 valence electrons. The molecular formula is C25H24F3NO3. The molecule has 0 saturated heterocycles. The molecule has 0 aliphatic carbocycles. The number of halogens is 3. The average Bonchev–Trinajstić information content (AvgIpc) is 2.78. The molecule has 1 N–H and O–H groups in total. The van der Waals surface area contributed by atoms with Crippen LogP contribution in [-0.2, 0) is 18.7 Å². The summed E-state index contributed by atoms with van der Waals surface area (Å²) in [6.07, 6.45) is -4.46. The molecule has 1 aliphatic heterocycles. The highest BCUT2D eigenvalue weighted by Gasteiger charge is 2.41. The van der Waals surface area contributed by atoms with Gasteiger partial charge in [0.2, 0.25) is 0 Å². The Morgan fingerprint density at radius 1 is 0.969 bits per heavy atom. The molecule has 1 heterocycles. The van der Waals surface area contributed by atoms with Crippen LogP contribution < -0.4 is 9.47 Å². The van der Waals surface area contributed by atoms with E-state index in [2.05, 4.69) is 4.90 Å². The number of benzene rings is 3. The minimum absolute atomic E-state index is 0.0178. The molecule has 7 heteroatoms. The van der Waals surface area contributed by atoms with Crippen LogP contribution in [0.25, 0.3) is 0 Å². The predicted molar refractivity (Wildman–Crippen MR) is 115 cm³/mol. The molecular weight excluding hydrogens is 419 g/mol.